The number of carbonyl (C=O) groups is 1. The minimum absolute atomic E-state index is 0.0568. The van der Waals surface area contributed by atoms with Crippen molar-refractivity contribution >= 4 is 27.1 Å². The van der Waals surface area contributed by atoms with Gasteiger partial charge in [-0.05, 0) is 36.2 Å². The molecule has 0 aliphatic carbocycles. The van der Waals surface area contributed by atoms with Crippen LogP contribution in [-0.2, 0) is 16.4 Å². The minimum Gasteiger partial charge on any atom is -0.378 e. The average Bonchev–Trinajstić information content (AvgIpc) is 3.05. The molecule has 29 heavy (non-hydrogen) atoms. The van der Waals surface area contributed by atoms with Crippen LogP contribution >= 0.6 is 0 Å². The Morgan fingerprint density at radius 1 is 1.10 bits per heavy atom. The second-order valence-electron chi connectivity index (χ2n) is 7.35. The lowest BCUT2D eigenvalue weighted by atomic mass is 10.1. The first-order valence-corrected chi connectivity index (χ1v) is 11.0. The second-order valence-corrected chi connectivity index (χ2v) is 9.58. The maximum absolute atomic E-state index is 13.2. The number of hydrogen-bond acceptors (Lipinski definition) is 6. The van der Waals surface area contributed by atoms with Gasteiger partial charge in [-0.2, -0.15) is 0 Å². The van der Waals surface area contributed by atoms with Crippen molar-refractivity contribution in [2.24, 2.45) is 0 Å². The van der Waals surface area contributed by atoms with Gasteiger partial charge >= 0.3 is 0 Å². The number of carbonyl (C=O) groups excluding carboxylic acids is 1. The van der Waals surface area contributed by atoms with Crippen LogP contribution in [0.5, 0.6) is 0 Å². The monoisotopic (exact) mass is 417 g/mol. The Morgan fingerprint density at radius 3 is 2.21 bits per heavy atom. The molecule has 0 radical (unpaired) electrons. The fourth-order valence-corrected chi connectivity index (χ4v) is 5.11. The largest absolute Gasteiger partial charge is 0.378 e. The van der Waals surface area contributed by atoms with Crippen LogP contribution in [0.4, 0.5) is 11.4 Å². The first kappa shape index (κ1) is 20.8. The van der Waals surface area contributed by atoms with Gasteiger partial charge in [0, 0.05) is 50.1 Å². The fraction of sp³-hybridized carbons (Fsp3) is 0.350. The molecule has 9 heteroatoms. The molecule has 0 spiro atoms. The number of non-ortho nitro benzene ring substituents is 1. The third-order valence-corrected chi connectivity index (χ3v) is 6.79. The van der Waals surface area contributed by atoms with E-state index in [2.05, 4.69) is 0 Å². The molecule has 0 N–H and O–H groups in total. The minimum atomic E-state index is -3.17. The number of sulfone groups is 1. The molecule has 1 fully saturated rings. The van der Waals surface area contributed by atoms with Crippen LogP contribution in [0, 0.1) is 10.1 Å². The van der Waals surface area contributed by atoms with Crippen molar-refractivity contribution in [3.63, 3.8) is 0 Å². The van der Waals surface area contributed by atoms with Crippen molar-refractivity contribution in [1.29, 1.82) is 0 Å². The number of rotatable bonds is 6. The van der Waals surface area contributed by atoms with E-state index >= 15 is 0 Å². The van der Waals surface area contributed by atoms with Gasteiger partial charge in [0.25, 0.3) is 11.6 Å². The van der Waals surface area contributed by atoms with E-state index in [4.69, 9.17) is 0 Å². The van der Waals surface area contributed by atoms with E-state index in [9.17, 15) is 23.3 Å². The Balaban J connectivity index is 1.88. The molecule has 154 valence electrons. The van der Waals surface area contributed by atoms with Crippen LogP contribution in [-0.4, -0.2) is 55.8 Å². The van der Waals surface area contributed by atoms with Crippen LogP contribution < -0.4 is 4.90 Å². The molecular weight excluding hydrogens is 394 g/mol. The highest BCUT2D eigenvalue weighted by atomic mass is 32.2. The van der Waals surface area contributed by atoms with Gasteiger partial charge in [0.05, 0.1) is 16.4 Å². The summed E-state index contributed by atoms with van der Waals surface area (Å²) in [5, 5.41) is 10.9. The van der Waals surface area contributed by atoms with Gasteiger partial charge in [-0.1, -0.05) is 12.1 Å². The molecule has 1 atom stereocenters. The lowest BCUT2D eigenvalue weighted by Gasteiger charge is -2.29. The summed E-state index contributed by atoms with van der Waals surface area (Å²) in [6.07, 6.45) is 0.386. The molecule has 0 bridgehead atoms. The zero-order valence-electron chi connectivity index (χ0n) is 16.3. The molecule has 0 saturated carbocycles. The maximum Gasteiger partial charge on any atom is 0.269 e. The lowest BCUT2D eigenvalue weighted by molar-refractivity contribution is -0.384. The van der Waals surface area contributed by atoms with E-state index in [0.717, 1.165) is 11.3 Å². The molecule has 1 aliphatic rings. The molecule has 1 saturated heterocycles. The second kappa shape index (κ2) is 8.20. The summed E-state index contributed by atoms with van der Waals surface area (Å²) in [6.45, 7) is 0.268. The Morgan fingerprint density at radius 2 is 1.72 bits per heavy atom. The summed E-state index contributed by atoms with van der Waals surface area (Å²) in [7, 11) is 0.692. The number of amides is 1. The lowest BCUT2D eigenvalue weighted by Crippen LogP contribution is -2.40. The highest BCUT2D eigenvalue weighted by Crippen LogP contribution is 2.24. The Hall–Kier alpha value is -2.94. The molecule has 1 heterocycles. The molecule has 2 aromatic rings. The summed E-state index contributed by atoms with van der Waals surface area (Å²) in [5.74, 6) is -0.346. The molecular formula is C20H23N3O5S. The molecule has 1 aliphatic heterocycles. The summed E-state index contributed by atoms with van der Waals surface area (Å²) in [6, 6.07) is 12.7. The van der Waals surface area contributed by atoms with Gasteiger partial charge < -0.3 is 9.80 Å². The normalized spacial score (nSPS) is 17.7. The van der Waals surface area contributed by atoms with Crippen molar-refractivity contribution in [2.45, 2.75) is 19.0 Å². The van der Waals surface area contributed by atoms with Crippen molar-refractivity contribution in [1.82, 2.24) is 4.90 Å². The first-order chi connectivity index (χ1) is 13.7. The summed E-state index contributed by atoms with van der Waals surface area (Å²) < 4.78 is 24.0. The van der Waals surface area contributed by atoms with Crippen molar-refractivity contribution in [3.8, 4) is 0 Å². The number of nitro benzene ring substituents is 1. The summed E-state index contributed by atoms with van der Waals surface area (Å²) in [5.41, 5.74) is 2.10. The van der Waals surface area contributed by atoms with Crippen LogP contribution in [0.3, 0.4) is 0 Å². The van der Waals surface area contributed by atoms with Gasteiger partial charge in [0.2, 0.25) is 0 Å². The highest BCUT2D eigenvalue weighted by Gasteiger charge is 2.35. The van der Waals surface area contributed by atoms with Crippen molar-refractivity contribution < 1.29 is 18.1 Å². The zero-order valence-corrected chi connectivity index (χ0v) is 17.1. The van der Waals surface area contributed by atoms with Gasteiger partial charge in [-0.25, -0.2) is 8.42 Å². The number of anilines is 1. The predicted octanol–water partition coefficient (Wildman–Crippen LogP) is 2.49. The summed E-state index contributed by atoms with van der Waals surface area (Å²) in [4.78, 5) is 27.0. The third-order valence-electron chi connectivity index (χ3n) is 5.04. The zero-order chi connectivity index (χ0) is 21.2. The van der Waals surface area contributed by atoms with E-state index in [0.29, 0.717) is 12.0 Å². The quantitative estimate of drug-likeness (QED) is 0.529. The van der Waals surface area contributed by atoms with Crippen LogP contribution in [0.15, 0.2) is 48.5 Å². The van der Waals surface area contributed by atoms with Gasteiger partial charge in [0.1, 0.15) is 0 Å². The number of nitro groups is 1. The van der Waals surface area contributed by atoms with Crippen molar-refractivity contribution in [2.75, 3.05) is 30.5 Å². The fourth-order valence-electron chi connectivity index (χ4n) is 3.38. The number of benzene rings is 2. The topological polar surface area (TPSA) is 101 Å². The van der Waals surface area contributed by atoms with Crippen LogP contribution in [0.25, 0.3) is 0 Å². The van der Waals surface area contributed by atoms with Crippen LogP contribution in [0.2, 0.25) is 0 Å². The van der Waals surface area contributed by atoms with Gasteiger partial charge in [-0.3, -0.25) is 14.9 Å². The van der Waals surface area contributed by atoms with Crippen molar-refractivity contribution in [3.05, 3.63) is 69.8 Å². The highest BCUT2D eigenvalue weighted by molar-refractivity contribution is 7.91. The first-order valence-electron chi connectivity index (χ1n) is 9.18. The molecule has 1 amide bonds. The predicted molar refractivity (Wildman–Crippen MR) is 111 cm³/mol. The number of hydrogen-bond donors (Lipinski definition) is 0. The van der Waals surface area contributed by atoms with E-state index in [-0.39, 0.29) is 29.6 Å². The smallest absolute Gasteiger partial charge is 0.269 e. The van der Waals surface area contributed by atoms with E-state index in [1.54, 1.807) is 4.90 Å². The van der Waals surface area contributed by atoms with E-state index < -0.39 is 20.8 Å². The third kappa shape index (κ3) is 4.92. The molecule has 0 unspecified atom stereocenters. The Bertz CT molecular complexity index is 1000. The SMILES string of the molecule is CN(C)c1ccc(CN(C(=O)c2ccc([N+](=O)[O-])cc2)[C@H]2CCS(=O)(=O)C2)cc1. The molecule has 3 rings (SSSR count). The van der Waals surface area contributed by atoms with Crippen LogP contribution in [0.1, 0.15) is 22.3 Å². The molecule has 0 aromatic heterocycles. The van der Waals surface area contributed by atoms with Gasteiger partial charge in [-0.15, -0.1) is 0 Å². The average molecular weight is 417 g/mol. The standard InChI is InChI=1S/C20H23N3O5S/c1-21(2)17-7-3-15(4-8-17)13-22(19-11-12-29(27,28)14-19)20(24)16-5-9-18(10-6-16)23(25)26/h3-10,19H,11-14H2,1-2H3/t19-/m0/s1. The number of nitrogens with zero attached hydrogens (tertiary/aromatic N) is 3. The Kier molecular flexibility index (Phi) is 5.88. The van der Waals surface area contributed by atoms with E-state index in [1.165, 1.54) is 24.3 Å². The maximum atomic E-state index is 13.2. The molecule has 8 nitrogen and oxygen atoms in total. The van der Waals surface area contributed by atoms with Gasteiger partial charge in [0.15, 0.2) is 9.84 Å². The molecule has 2 aromatic carbocycles. The van der Waals surface area contributed by atoms with E-state index in [1.807, 2.05) is 43.3 Å². The summed E-state index contributed by atoms with van der Waals surface area (Å²) >= 11 is 0. The Labute approximate surface area is 169 Å².